The zero-order valence-electron chi connectivity index (χ0n) is 11.4. The van der Waals surface area contributed by atoms with Gasteiger partial charge in [0.05, 0.1) is 0 Å². The summed E-state index contributed by atoms with van der Waals surface area (Å²) in [6, 6.07) is 2.13. The van der Waals surface area contributed by atoms with Crippen LogP contribution in [0.4, 0.5) is 0 Å². The van der Waals surface area contributed by atoms with Gasteiger partial charge in [-0.15, -0.1) is 11.3 Å². The SMILES string of the molecule is CC(C)CNS(=O)(=O)c1cc(CNC(C)C)cs1. The fourth-order valence-electron chi connectivity index (χ4n) is 1.26. The van der Waals surface area contributed by atoms with E-state index in [4.69, 9.17) is 0 Å². The van der Waals surface area contributed by atoms with E-state index in [1.54, 1.807) is 6.07 Å². The summed E-state index contributed by atoms with van der Waals surface area (Å²) in [5, 5.41) is 5.16. The normalized spacial score (nSPS) is 12.6. The van der Waals surface area contributed by atoms with Crippen molar-refractivity contribution in [2.45, 2.75) is 44.5 Å². The summed E-state index contributed by atoms with van der Waals surface area (Å²) in [6.45, 7) is 9.26. The fraction of sp³-hybridized carbons (Fsp3) is 0.667. The number of nitrogens with one attached hydrogen (secondary N) is 2. The van der Waals surface area contributed by atoms with E-state index >= 15 is 0 Å². The third kappa shape index (κ3) is 5.06. The monoisotopic (exact) mass is 290 g/mol. The highest BCUT2D eigenvalue weighted by Gasteiger charge is 2.16. The molecule has 1 rings (SSSR count). The molecule has 1 aromatic rings. The quantitative estimate of drug-likeness (QED) is 0.809. The number of thiophene rings is 1. The van der Waals surface area contributed by atoms with Crippen molar-refractivity contribution in [2.75, 3.05) is 6.54 Å². The van der Waals surface area contributed by atoms with Crippen molar-refractivity contribution in [1.82, 2.24) is 10.0 Å². The van der Waals surface area contributed by atoms with Crippen molar-refractivity contribution in [3.05, 3.63) is 17.0 Å². The Kier molecular flexibility index (Phi) is 5.78. The molecule has 104 valence electrons. The predicted molar refractivity (Wildman–Crippen MR) is 76.3 cm³/mol. The summed E-state index contributed by atoms with van der Waals surface area (Å²) in [6.07, 6.45) is 0. The second-order valence-electron chi connectivity index (χ2n) is 5.06. The Bertz CT molecular complexity index is 464. The lowest BCUT2D eigenvalue weighted by molar-refractivity contribution is 0.561. The maximum atomic E-state index is 12.0. The molecule has 4 nitrogen and oxygen atoms in total. The molecule has 0 unspecified atom stereocenters. The second kappa shape index (κ2) is 6.65. The zero-order chi connectivity index (χ0) is 13.8. The van der Waals surface area contributed by atoms with Crippen LogP contribution in [0.2, 0.25) is 0 Å². The van der Waals surface area contributed by atoms with Gasteiger partial charge < -0.3 is 5.32 Å². The van der Waals surface area contributed by atoms with Gasteiger partial charge in [-0.1, -0.05) is 27.7 Å². The first-order valence-electron chi connectivity index (χ1n) is 6.11. The molecule has 0 aliphatic heterocycles. The second-order valence-corrected chi connectivity index (χ2v) is 7.96. The van der Waals surface area contributed by atoms with Crippen LogP contribution in [-0.4, -0.2) is 21.0 Å². The first kappa shape index (κ1) is 15.6. The number of sulfonamides is 1. The van der Waals surface area contributed by atoms with Gasteiger partial charge in [-0.3, -0.25) is 0 Å². The number of hydrogen-bond donors (Lipinski definition) is 2. The third-order valence-corrected chi connectivity index (χ3v) is 5.20. The van der Waals surface area contributed by atoms with Crippen molar-refractivity contribution in [2.24, 2.45) is 5.92 Å². The van der Waals surface area contributed by atoms with E-state index in [1.807, 2.05) is 19.2 Å². The van der Waals surface area contributed by atoms with Crippen LogP contribution >= 0.6 is 11.3 Å². The average molecular weight is 290 g/mol. The molecule has 0 saturated heterocycles. The molecule has 0 amide bonds. The van der Waals surface area contributed by atoms with Gasteiger partial charge in [0.25, 0.3) is 0 Å². The van der Waals surface area contributed by atoms with Crippen LogP contribution in [0.3, 0.4) is 0 Å². The summed E-state index contributed by atoms with van der Waals surface area (Å²) in [5.74, 6) is 0.307. The molecule has 0 saturated carbocycles. The molecule has 2 N–H and O–H groups in total. The van der Waals surface area contributed by atoms with Gasteiger partial charge in [0.1, 0.15) is 4.21 Å². The lowest BCUT2D eigenvalue weighted by atomic mass is 10.2. The molecule has 1 aromatic heterocycles. The van der Waals surface area contributed by atoms with Crippen molar-refractivity contribution >= 4 is 21.4 Å². The minimum atomic E-state index is -3.33. The van der Waals surface area contributed by atoms with Crippen LogP contribution in [0, 0.1) is 5.92 Å². The van der Waals surface area contributed by atoms with Crippen molar-refractivity contribution in [3.63, 3.8) is 0 Å². The predicted octanol–water partition coefficient (Wildman–Crippen LogP) is 2.18. The van der Waals surface area contributed by atoms with Gasteiger partial charge >= 0.3 is 0 Å². The summed E-state index contributed by atoms with van der Waals surface area (Å²) < 4.78 is 26.9. The molecule has 0 radical (unpaired) electrons. The molecular formula is C12H22N2O2S2. The Morgan fingerprint density at radius 2 is 1.94 bits per heavy atom. The van der Waals surface area contributed by atoms with Gasteiger partial charge in [0, 0.05) is 19.1 Å². The van der Waals surface area contributed by atoms with Crippen molar-refractivity contribution < 1.29 is 8.42 Å². The van der Waals surface area contributed by atoms with E-state index in [0.717, 1.165) is 5.56 Å². The van der Waals surface area contributed by atoms with Gasteiger partial charge in [-0.2, -0.15) is 0 Å². The Hall–Kier alpha value is -0.430. The van der Waals surface area contributed by atoms with Crippen LogP contribution in [0.15, 0.2) is 15.7 Å². The summed E-state index contributed by atoms with van der Waals surface area (Å²) in [5.41, 5.74) is 1.01. The molecule has 0 aliphatic carbocycles. The molecule has 0 spiro atoms. The van der Waals surface area contributed by atoms with Gasteiger partial charge in [-0.25, -0.2) is 13.1 Å². The third-order valence-electron chi connectivity index (χ3n) is 2.29. The number of rotatable bonds is 7. The number of hydrogen-bond acceptors (Lipinski definition) is 4. The van der Waals surface area contributed by atoms with Gasteiger partial charge in [0.15, 0.2) is 0 Å². The van der Waals surface area contributed by atoms with Gasteiger partial charge in [0.2, 0.25) is 10.0 Å². The Morgan fingerprint density at radius 3 is 2.50 bits per heavy atom. The molecule has 6 heteroatoms. The summed E-state index contributed by atoms with van der Waals surface area (Å²) in [7, 11) is -3.33. The molecule has 0 aromatic carbocycles. The van der Waals surface area contributed by atoms with E-state index in [0.29, 0.717) is 29.3 Å². The maximum absolute atomic E-state index is 12.0. The summed E-state index contributed by atoms with van der Waals surface area (Å²) >= 11 is 1.27. The van der Waals surface area contributed by atoms with Crippen molar-refractivity contribution in [1.29, 1.82) is 0 Å². The minimum absolute atomic E-state index is 0.307. The fourth-order valence-corrected chi connectivity index (χ4v) is 3.72. The Morgan fingerprint density at radius 1 is 1.28 bits per heavy atom. The highest BCUT2D eigenvalue weighted by Crippen LogP contribution is 2.20. The zero-order valence-corrected chi connectivity index (χ0v) is 13.0. The maximum Gasteiger partial charge on any atom is 0.250 e. The van der Waals surface area contributed by atoms with Crippen LogP contribution < -0.4 is 10.0 Å². The smallest absolute Gasteiger partial charge is 0.250 e. The van der Waals surface area contributed by atoms with Crippen LogP contribution in [0.1, 0.15) is 33.3 Å². The van der Waals surface area contributed by atoms with Crippen LogP contribution in [0.25, 0.3) is 0 Å². The minimum Gasteiger partial charge on any atom is -0.310 e. The first-order chi connectivity index (χ1) is 8.31. The van der Waals surface area contributed by atoms with E-state index in [-0.39, 0.29) is 0 Å². The van der Waals surface area contributed by atoms with E-state index in [9.17, 15) is 8.42 Å². The van der Waals surface area contributed by atoms with Crippen molar-refractivity contribution in [3.8, 4) is 0 Å². The highest BCUT2D eigenvalue weighted by atomic mass is 32.2. The molecule has 0 fully saturated rings. The Labute approximate surface area is 114 Å². The van der Waals surface area contributed by atoms with Gasteiger partial charge in [-0.05, 0) is 22.9 Å². The molecule has 18 heavy (non-hydrogen) atoms. The molecule has 0 aliphatic rings. The Balaban J connectivity index is 2.66. The molecule has 0 atom stereocenters. The van der Waals surface area contributed by atoms with E-state index < -0.39 is 10.0 Å². The topological polar surface area (TPSA) is 58.2 Å². The molecular weight excluding hydrogens is 268 g/mol. The largest absolute Gasteiger partial charge is 0.310 e. The molecule has 0 bridgehead atoms. The van der Waals surface area contributed by atoms with Crippen LogP contribution in [-0.2, 0) is 16.6 Å². The standard InChI is InChI=1S/C12H22N2O2S2/c1-9(2)6-14-18(15,16)12-5-11(8-17-12)7-13-10(3)4/h5,8-10,13-14H,6-7H2,1-4H3. The highest BCUT2D eigenvalue weighted by molar-refractivity contribution is 7.91. The van der Waals surface area contributed by atoms with E-state index in [1.165, 1.54) is 11.3 Å². The average Bonchev–Trinajstić information content (AvgIpc) is 2.73. The summed E-state index contributed by atoms with van der Waals surface area (Å²) in [4.78, 5) is 0. The van der Waals surface area contributed by atoms with Crippen LogP contribution in [0.5, 0.6) is 0 Å². The van der Waals surface area contributed by atoms with E-state index in [2.05, 4.69) is 23.9 Å². The molecule has 1 heterocycles. The lowest BCUT2D eigenvalue weighted by Gasteiger charge is -2.07. The first-order valence-corrected chi connectivity index (χ1v) is 8.48. The lowest BCUT2D eigenvalue weighted by Crippen LogP contribution is -2.27.